The van der Waals surface area contributed by atoms with Crippen LogP contribution in [0.25, 0.3) is 11.1 Å². The van der Waals surface area contributed by atoms with Crippen LogP contribution in [0.3, 0.4) is 0 Å². The number of rotatable bonds is 11. The fraction of sp³-hybridized carbons (Fsp3) is 0.350. The molecular weight excluding hydrogens is 630 g/mol. The van der Waals surface area contributed by atoms with E-state index in [-0.39, 0.29) is 17.5 Å². The lowest BCUT2D eigenvalue weighted by Gasteiger charge is -2.33. The molecule has 0 spiro atoms. The molecular formula is C40H41N5O5. The molecule has 2 saturated carbocycles. The molecule has 2 aromatic heterocycles. The van der Waals surface area contributed by atoms with E-state index in [9.17, 15) is 24.3 Å². The van der Waals surface area contributed by atoms with E-state index in [0.717, 1.165) is 90.3 Å². The number of carboxylic acids is 1. The van der Waals surface area contributed by atoms with Crippen molar-refractivity contribution >= 4 is 35.4 Å². The average Bonchev–Trinajstić information content (AvgIpc) is 4.05. The predicted molar refractivity (Wildman–Crippen MR) is 191 cm³/mol. The smallest absolute Gasteiger partial charge is 0.320 e. The summed E-state index contributed by atoms with van der Waals surface area (Å²) in [5.74, 6) is -0.771. The van der Waals surface area contributed by atoms with Crippen molar-refractivity contribution in [3.8, 4) is 11.1 Å². The minimum absolute atomic E-state index is 0.269. The molecule has 3 heterocycles. The maximum Gasteiger partial charge on any atom is 0.320 e. The first-order chi connectivity index (χ1) is 24.2. The van der Waals surface area contributed by atoms with Crippen molar-refractivity contribution in [2.75, 3.05) is 17.2 Å². The molecule has 0 radical (unpaired) electrons. The van der Waals surface area contributed by atoms with Crippen LogP contribution >= 0.6 is 0 Å². The zero-order valence-electron chi connectivity index (χ0n) is 28.4. The lowest BCUT2D eigenvalue weighted by Crippen LogP contribution is -2.44. The van der Waals surface area contributed by atoms with Crippen LogP contribution in [0.5, 0.6) is 0 Å². The van der Waals surface area contributed by atoms with Gasteiger partial charge < -0.3 is 15.7 Å². The number of aliphatic carboxylic acids is 1. The number of aromatic nitrogens is 2. The summed E-state index contributed by atoms with van der Waals surface area (Å²) in [6.45, 7) is 5.16. The molecule has 1 aliphatic heterocycles. The van der Waals surface area contributed by atoms with Crippen LogP contribution < -0.4 is 10.6 Å². The van der Waals surface area contributed by atoms with Crippen molar-refractivity contribution in [1.82, 2.24) is 14.9 Å². The average molecular weight is 672 g/mol. The number of hydrogen-bond acceptors (Lipinski definition) is 7. The number of benzene rings is 2. The molecule has 3 aliphatic rings. The Balaban J connectivity index is 1.09. The zero-order valence-corrected chi connectivity index (χ0v) is 28.4. The number of anilines is 2. The van der Waals surface area contributed by atoms with Gasteiger partial charge in [0.2, 0.25) is 0 Å². The number of nitrogens with zero attached hydrogens (tertiary/aromatic N) is 3. The van der Waals surface area contributed by atoms with Gasteiger partial charge in [-0.1, -0.05) is 30.7 Å². The number of amides is 2. The predicted octanol–water partition coefficient (Wildman–Crippen LogP) is 7.27. The largest absolute Gasteiger partial charge is 0.480 e. The van der Waals surface area contributed by atoms with Crippen molar-refractivity contribution < 1.29 is 24.3 Å². The Kier molecular flexibility index (Phi) is 9.29. The summed E-state index contributed by atoms with van der Waals surface area (Å²) in [7, 11) is 0. The maximum atomic E-state index is 13.6. The first-order valence-corrected chi connectivity index (χ1v) is 17.4. The molecule has 10 nitrogen and oxygen atoms in total. The van der Waals surface area contributed by atoms with E-state index in [2.05, 4.69) is 20.6 Å². The molecule has 3 N–H and O–H groups in total. The minimum Gasteiger partial charge on any atom is -0.480 e. The summed E-state index contributed by atoms with van der Waals surface area (Å²) in [4.78, 5) is 61.1. The molecule has 4 aromatic rings. The highest BCUT2D eigenvalue weighted by atomic mass is 16.4. The second-order valence-corrected chi connectivity index (χ2v) is 13.8. The highest BCUT2D eigenvalue weighted by Gasteiger charge is 2.32. The number of hydrogen-bond donors (Lipinski definition) is 3. The molecule has 2 amide bonds. The van der Waals surface area contributed by atoms with Crippen molar-refractivity contribution in [2.45, 2.75) is 83.2 Å². The Labute approximate surface area is 291 Å². The van der Waals surface area contributed by atoms with Crippen molar-refractivity contribution in [1.29, 1.82) is 0 Å². The van der Waals surface area contributed by atoms with E-state index in [0.29, 0.717) is 47.4 Å². The van der Waals surface area contributed by atoms with Gasteiger partial charge in [-0.05, 0) is 134 Å². The summed E-state index contributed by atoms with van der Waals surface area (Å²) in [6, 6.07) is 14.6. The number of carbonyl (C=O) groups is 4. The summed E-state index contributed by atoms with van der Waals surface area (Å²) < 4.78 is 0. The van der Waals surface area contributed by atoms with Crippen molar-refractivity contribution in [2.24, 2.45) is 0 Å². The molecule has 10 heteroatoms. The summed E-state index contributed by atoms with van der Waals surface area (Å²) in [6.07, 6.45) is 10.7. The molecule has 2 aliphatic carbocycles. The van der Waals surface area contributed by atoms with Crippen LogP contribution in [0.2, 0.25) is 0 Å². The van der Waals surface area contributed by atoms with Gasteiger partial charge >= 0.3 is 5.97 Å². The van der Waals surface area contributed by atoms with E-state index >= 15 is 0 Å². The van der Waals surface area contributed by atoms with Gasteiger partial charge in [0.25, 0.3) is 11.8 Å². The van der Waals surface area contributed by atoms with E-state index in [1.165, 1.54) is 6.20 Å². The molecule has 3 fully saturated rings. The molecule has 0 bridgehead atoms. The third kappa shape index (κ3) is 6.93. The number of pyridine rings is 2. The number of aldehydes is 1. The molecule has 0 unspecified atom stereocenters. The van der Waals surface area contributed by atoms with Crippen LogP contribution in [0.4, 0.5) is 11.4 Å². The van der Waals surface area contributed by atoms with Crippen LogP contribution in [-0.2, 0) is 11.3 Å². The summed E-state index contributed by atoms with van der Waals surface area (Å²) in [5.41, 5.74) is 8.95. The third-order valence-electron chi connectivity index (χ3n) is 10.3. The monoisotopic (exact) mass is 671 g/mol. The normalized spacial score (nSPS) is 17.6. The quantitative estimate of drug-likeness (QED) is 0.141. The number of carboxylic acid groups (broad SMARTS) is 1. The highest BCUT2D eigenvalue weighted by Crippen LogP contribution is 2.43. The number of piperidine rings is 1. The van der Waals surface area contributed by atoms with E-state index < -0.39 is 12.0 Å². The van der Waals surface area contributed by atoms with Crippen LogP contribution in [-0.4, -0.2) is 56.6 Å². The standard InChI is InChI=1S/C40H41N5O5/c1-23-29(30-8-6-10-34(24(30)2)44-39(48)36-18-32(26-14-15-26)28(22-46)20-42-36)7-5-9-33(23)43-38(47)35-17-31(25-12-13-25)27(19-41-35)21-45-16-4-3-11-37(45)40(49)50/h5-10,17-20,22,25-26,37H,3-4,11-16,21H2,1-2H3,(H,43,47)(H,44,48)(H,49,50)/t37-/m0/s1. The lowest BCUT2D eigenvalue weighted by atomic mass is 9.94. The molecule has 2 aromatic carbocycles. The fourth-order valence-electron chi connectivity index (χ4n) is 7.16. The number of likely N-dealkylation sites (tertiary alicyclic amines) is 1. The van der Waals surface area contributed by atoms with Crippen LogP contribution in [0.1, 0.15) is 116 Å². The number of nitrogens with one attached hydrogen (secondary N) is 2. The Morgan fingerprint density at radius 1 is 0.800 bits per heavy atom. The Hall–Kier alpha value is -5.22. The number of carbonyl (C=O) groups excluding carboxylic acids is 3. The Bertz CT molecular complexity index is 2000. The second-order valence-electron chi connectivity index (χ2n) is 13.8. The third-order valence-corrected chi connectivity index (χ3v) is 10.3. The minimum atomic E-state index is -0.785. The van der Waals surface area contributed by atoms with Gasteiger partial charge in [-0.3, -0.25) is 34.0 Å². The first kappa shape index (κ1) is 33.3. The highest BCUT2D eigenvalue weighted by molar-refractivity contribution is 6.05. The fourth-order valence-corrected chi connectivity index (χ4v) is 7.16. The topological polar surface area (TPSA) is 142 Å². The molecule has 256 valence electrons. The van der Waals surface area contributed by atoms with Gasteiger partial charge in [0, 0.05) is 35.9 Å². The summed E-state index contributed by atoms with van der Waals surface area (Å²) in [5, 5.41) is 15.8. The Morgan fingerprint density at radius 3 is 1.92 bits per heavy atom. The van der Waals surface area contributed by atoms with Gasteiger partial charge in [0.15, 0.2) is 6.29 Å². The summed E-state index contributed by atoms with van der Waals surface area (Å²) >= 11 is 0. The molecule has 50 heavy (non-hydrogen) atoms. The van der Waals surface area contributed by atoms with Gasteiger partial charge in [-0.15, -0.1) is 0 Å². The molecule has 1 atom stereocenters. The lowest BCUT2D eigenvalue weighted by molar-refractivity contribution is -0.144. The van der Waals surface area contributed by atoms with Crippen LogP contribution in [0.15, 0.2) is 60.9 Å². The van der Waals surface area contributed by atoms with Gasteiger partial charge in [0.1, 0.15) is 17.4 Å². The van der Waals surface area contributed by atoms with Gasteiger partial charge in [-0.25, -0.2) is 0 Å². The molecule has 1 saturated heterocycles. The zero-order chi connectivity index (χ0) is 34.9. The first-order valence-electron chi connectivity index (χ1n) is 17.4. The van der Waals surface area contributed by atoms with Crippen molar-refractivity contribution in [3.05, 3.63) is 106 Å². The SMILES string of the molecule is Cc1c(NC(=O)c2cc(C3CC3)c(C=O)cn2)cccc1-c1cccc(NC(=O)c2cc(C3CC3)c(CN3CCCC[C@H]3C(=O)O)cn2)c1C. The molecule has 7 rings (SSSR count). The van der Waals surface area contributed by atoms with E-state index in [1.807, 2.05) is 61.2 Å². The van der Waals surface area contributed by atoms with E-state index in [4.69, 9.17) is 0 Å². The van der Waals surface area contributed by atoms with Gasteiger partial charge in [0.05, 0.1) is 0 Å². The maximum absolute atomic E-state index is 13.6. The van der Waals surface area contributed by atoms with E-state index in [1.54, 1.807) is 12.3 Å². The van der Waals surface area contributed by atoms with Crippen LogP contribution in [0, 0.1) is 13.8 Å². The van der Waals surface area contributed by atoms with Gasteiger partial charge in [-0.2, -0.15) is 0 Å². The second kappa shape index (κ2) is 14.0. The Morgan fingerprint density at radius 2 is 1.36 bits per heavy atom. The van der Waals surface area contributed by atoms with Crippen molar-refractivity contribution in [3.63, 3.8) is 0 Å².